The van der Waals surface area contributed by atoms with Crippen molar-refractivity contribution in [3.05, 3.63) is 29.8 Å². The number of carbonyl (C=O) groups is 1. The normalized spacial score (nSPS) is 24.3. The molecule has 0 aromatic heterocycles. The van der Waals surface area contributed by atoms with Gasteiger partial charge in [-0.05, 0) is 38.3 Å². The van der Waals surface area contributed by atoms with Gasteiger partial charge in [0.25, 0.3) is 0 Å². The van der Waals surface area contributed by atoms with E-state index in [9.17, 15) is 4.79 Å². The van der Waals surface area contributed by atoms with E-state index in [2.05, 4.69) is 36.5 Å². The van der Waals surface area contributed by atoms with Crippen LogP contribution in [0.4, 0.5) is 5.69 Å². The van der Waals surface area contributed by atoms with E-state index in [1.807, 2.05) is 0 Å². The Kier molecular flexibility index (Phi) is 3.67. The minimum atomic E-state index is -0.652. The summed E-state index contributed by atoms with van der Waals surface area (Å²) in [5.74, 6) is -0.827. The quantitative estimate of drug-likeness (QED) is 0.843. The lowest BCUT2D eigenvalue weighted by Crippen LogP contribution is -2.30. The lowest BCUT2D eigenvalue weighted by Gasteiger charge is -2.28. The number of rotatable bonds is 3. The topological polar surface area (TPSA) is 49.3 Å². The Morgan fingerprint density at radius 2 is 2.00 bits per heavy atom. The Balaban J connectivity index is 1.94. The van der Waals surface area contributed by atoms with Gasteiger partial charge in [-0.2, -0.15) is 0 Å². The van der Waals surface area contributed by atoms with Crippen LogP contribution in [-0.4, -0.2) is 17.1 Å². The molecule has 0 aliphatic heterocycles. The molecule has 2 atom stereocenters. The van der Waals surface area contributed by atoms with Crippen LogP contribution in [0.15, 0.2) is 24.3 Å². The monoisotopic (exact) mass is 233 g/mol. The maximum Gasteiger partial charge on any atom is 0.306 e. The number of nitrogens with one attached hydrogen (secondary N) is 1. The van der Waals surface area contributed by atoms with Gasteiger partial charge in [-0.3, -0.25) is 4.79 Å². The summed E-state index contributed by atoms with van der Waals surface area (Å²) in [6, 6.07) is 8.55. The van der Waals surface area contributed by atoms with E-state index < -0.39 is 5.97 Å². The van der Waals surface area contributed by atoms with Crippen LogP contribution in [0.1, 0.15) is 31.2 Å². The van der Waals surface area contributed by atoms with E-state index >= 15 is 0 Å². The van der Waals surface area contributed by atoms with Crippen LogP contribution in [0.25, 0.3) is 0 Å². The van der Waals surface area contributed by atoms with Gasteiger partial charge in [0.05, 0.1) is 5.92 Å². The van der Waals surface area contributed by atoms with Crippen LogP contribution in [0.2, 0.25) is 0 Å². The largest absolute Gasteiger partial charge is 0.481 e. The van der Waals surface area contributed by atoms with Gasteiger partial charge in [0.15, 0.2) is 0 Å². The molecule has 2 N–H and O–H groups in total. The Morgan fingerprint density at radius 1 is 1.29 bits per heavy atom. The summed E-state index contributed by atoms with van der Waals surface area (Å²) in [5.41, 5.74) is 2.33. The summed E-state index contributed by atoms with van der Waals surface area (Å²) >= 11 is 0. The zero-order valence-electron chi connectivity index (χ0n) is 10.1. The van der Waals surface area contributed by atoms with Crippen LogP contribution in [0, 0.1) is 12.8 Å². The molecule has 1 aliphatic rings. The first-order valence-electron chi connectivity index (χ1n) is 6.21. The molecule has 1 aromatic carbocycles. The van der Waals surface area contributed by atoms with Gasteiger partial charge in [-0.1, -0.05) is 24.1 Å². The molecule has 1 aliphatic carbocycles. The summed E-state index contributed by atoms with van der Waals surface area (Å²) in [4.78, 5) is 11.0. The summed E-state index contributed by atoms with van der Waals surface area (Å²) in [6.45, 7) is 2.06. The second kappa shape index (κ2) is 5.21. The number of aryl methyl sites for hydroxylation is 1. The highest BCUT2D eigenvalue weighted by Crippen LogP contribution is 2.26. The lowest BCUT2D eigenvalue weighted by atomic mass is 9.85. The molecule has 0 unspecified atom stereocenters. The van der Waals surface area contributed by atoms with Crippen molar-refractivity contribution in [3.8, 4) is 0 Å². The molecule has 2 rings (SSSR count). The number of carboxylic acid groups (broad SMARTS) is 1. The number of carboxylic acids is 1. The molecule has 17 heavy (non-hydrogen) atoms. The van der Waals surface area contributed by atoms with Gasteiger partial charge in [-0.15, -0.1) is 0 Å². The minimum Gasteiger partial charge on any atom is -0.481 e. The summed E-state index contributed by atoms with van der Waals surface area (Å²) < 4.78 is 0. The van der Waals surface area contributed by atoms with Crippen LogP contribution in [0.3, 0.4) is 0 Å². The zero-order valence-corrected chi connectivity index (χ0v) is 10.1. The van der Waals surface area contributed by atoms with Gasteiger partial charge < -0.3 is 10.4 Å². The maximum absolute atomic E-state index is 11.0. The highest BCUT2D eigenvalue weighted by molar-refractivity contribution is 5.70. The molecule has 0 radical (unpaired) electrons. The van der Waals surface area contributed by atoms with E-state index in [1.165, 1.54) is 5.56 Å². The SMILES string of the molecule is Cc1ccc(N[C@H]2CCC[C@H](C(=O)O)C2)cc1. The Labute approximate surface area is 102 Å². The van der Waals surface area contributed by atoms with E-state index in [0.717, 1.165) is 31.4 Å². The molecule has 0 bridgehead atoms. The Bertz CT molecular complexity index is 386. The molecular weight excluding hydrogens is 214 g/mol. The predicted molar refractivity (Wildman–Crippen MR) is 68.2 cm³/mol. The first-order chi connectivity index (χ1) is 8.15. The number of hydrogen-bond donors (Lipinski definition) is 2. The summed E-state index contributed by atoms with van der Waals surface area (Å²) in [5, 5.41) is 12.5. The second-order valence-electron chi connectivity index (χ2n) is 4.91. The van der Waals surface area contributed by atoms with Crippen LogP contribution in [0.5, 0.6) is 0 Å². The highest BCUT2D eigenvalue weighted by Gasteiger charge is 2.26. The molecule has 1 saturated carbocycles. The van der Waals surface area contributed by atoms with Gasteiger partial charge in [0.1, 0.15) is 0 Å². The average Bonchev–Trinajstić information content (AvgIpc) is 2.32. The summed E-state index contributed by atoms with van der Waals surface area (Å²) in [6.07, 6.45) is 3.63. The zero-order chi connectivity index (χ0) is 12.3. The van der Waals surface area contributed by atoms with Crippen molar-refractivity contribution in [1.29, 1.82) is 0 Å². The average molecular weight is 233 g/mol. The molecule has 3 nitrogen and oxygen atoms in total. The molecule has 0 amide bonds. The fraction of sp³-hybridized carbons (Fsp3) is 0.500. The van der Waals surface area contributed by atoms with Crippen molar-refractivity contribution in [2.24, 2.45) is 5.92 Å². The third-order valence-corrected chi connectivity index (χ3v) is 3.45. The molecule has 1 fully saturated rings. The first-order valence-corrected chi connectivity index (χ1v) is 6.21. The molecule has 0 saturated heterocycles. The fourth-order valence-electron chi connectivity index (χ4n) is 2.43. The number of hydrogen-bond acceptors (Lipinski definition) is 2. The van der Waals surface area contributed by atoms with E-state index in [1.54, 1.807) is 0 Å². The van der Waals surface area contributed by atoms with E-state index in [0.29, 0.717) is 6.04 Å². The third kappa shape index (κ3) is 3.22. The van der Waals surface area contributed by atoms with Gasteiger partial charge in [-0.25, -0.2) is 0 Å². The van der Waals surface area contributed by atoms with Crippen molar-refractivity contribution < 1.29 is 9.90 Å². The number of benzene rings is 1. The van der Waals surface area contributed by atoms with Crippen molar-refractivity contribution in [3.63, 3.8) is 0 Å². The molecular formula is C14H19NO2. The fourth-order valence-corrected chi connectivity index (χ4v) is 2.43. The summed E-state index contributed by atoms with van der Waals surface area (Å²) in [7, 11) is 0. The predicted octanol–water partition coefficient (Wildman–Crippen LogP) is 3.05. The second-order valence-corrected chi connectivity index (χ2v) is 4.91. The van der Waals surface area contributed by atoms with Crippen LogP contribution >= 0.6 is 0 Å². The van der Waals surface area contributed by atoms with E-state index in [-0.39, 0.29) is 5.92 Å². The molecule has 3 heteroatoms. The third-order valence-electron chi connectivity index (χ3n) is 3.45. The molecule has 0 spiro atoms. The Morgan fingerprint density at radius 3 is 2.65 bits per heavy atom. The van der Waals surface area contributed by atoms with Crippen molar-refractivity contribution >= 4 is 11.7 Å². The Hall–Kier alpha value is -1.51. The molecule has 1 aromatic rings. The van der Waals surface area contributed by atoms with Gasteiger partial charge >= 0.3 is 5.97 Å². The van der Waals surface area contributed by atoms with Gasteiger partial charge in [0, 0.05) is 11.7 Å². The van der Waals surface area contributed by atoms with E-state index in [4.69, 9.17) is 5.11 Å². The van der Waals surface area contributed by atoms with Crippen molar-refractivity contribution in [2.75, 3.05) is 5.32 Å². The van der Waals surface area contributed by atoms with Crippen LogP contribution < -0.4 is 5.32 Å². The molecule has 92 valence electrons. The van der Waals surface area contributed by atoms with Crippen LogP contribution in [-0.2, 0) is 4.79 Å². The minimum absolute atomic E-state index is 0.174. The van der Waals surface area contributed by atoms with Crippen molar-refractivity contribution in [2.45, 2.75) is 38.6 Å². The number of anilines is 1. The molecule has 0 heterocycles. The first kappa shape index (κ1) is 12.0. The van der Waals surface area contributed by atoms with Gasteiger partial charge in [0.2, 0.25) is 0 Å². The number of aliphatic carboxylic acids is 1. The lowest BCUT2D eigenvalue weighted by molar-refractivity contribution is -0.142. The maximum atomic E-state index is 11.0. The van der Waals surface area contributed by atoms with Crippen molar-refractivity contribution in [1.82, 2.24) is 0 Å². The highest BCUT2D eigenvalue weighted by atomic mass is 16.4. The smallest absolute Gasteiger partial charge is 0.306 e. The standard InChI is InChI=1S/C14H19NO2/c1-10-5-7-12(8-6-10)15-13-4-2-3-11(9-13)14(16)17/h5-8,11,13,15H,2-4,9H2,1H3,(H,16,17)/t11-,13-/m0/s1.